The van der Waals surface area contributed by atoms with Crippen LogP contribution in [0.1, 0.15) is 0 Å². The summed E-state index contributed by atoms with van der Waals surface area (Å²) in [5.74, 6) is 0. The first-order valence-corrected chi connectivity index (χ1v) is 14.5. The molecule has 0 bridgehead atoms. The van der Waals surface area contributed by atoms with Crippen LogP contribution in [-0.2, 0) is 0 Å². The van der Waals surface area contributed by atoms with Crippen LogP contribution in [0.4, 0.5) is 0 Å². The maximum Gasteiger partial charge on any atom is 0.143 e. The Hall–Kier alpha value is -5.80. The third-order valence-corrected chi connectivity index (χ3v) is 8.45. The highest BCUT2D eigenvalue weighted by Crippen LogP contribution is 2.39. The first-order valence-electron chi connectivity index (χ1n) is 14.5. The van der Waals surface area contributed by atoms with E-state index in [9.17, 15) is 0 Å². The quantitative estimate of drug-likeness (QED) is 0.163. The number of hydrogen-bond donors (Lipinski definition) is 0. The Kier molecular flexibility index (Phi) is 5.20. The van der Waals surface area contributed by atoms with Gasteiger partial charge in [0.05, 0.1) is 22.2 Å². The molecule has 3 heterocycles. The lowest BCUT2D eigenvalue weighted by molar-refractivity contribution is 0.670. The van der Waals surface area contributed by atoms with Gasteiger partial charge in [-0.2, -0.15) is 0 Å². The summed E-state index contributed by atoms with van der Waals surface area (Å²) in [5.41, 5.74) is 11.1. The summed E-state index contributed by atoms with van der Waals surface area (Å²) in [5, 5.41) is 5.58. The Morgan fingerprint density at radius 3 is 2.09 bits per heavy atom. The van der Waals surface area contributed by atoms with Crippen molar-refractivity contribution in [3.05, 3.63) is 146 Å². The first kappa shape index (κ1) is 23.9. The monoisotopic (exact) mass is 548 g/mol. The van der Waals surface area contributed by atoms with Gasteiger partial charge in [0.2, 0.25) is 0 Å². The number of aromatic nitrogens is 2. The second-order valence-electron chi connectivity index (χ2n) is 11.0. The Morgan fingerprint density at radius 2 is 1.16 bits per heavy atom. The minimum atomic E-state index is 0.902. The van der Waals surface area contributed by atoms with E-state index in [0.29, 0.717) is 0 Å². The maximum atomic E-state index is 6.35. The number of pyridine rings is 2. The normalized spacial score (nSPS) is 11.7. The van der Waals surface area contributed by atoms with Gasteiger partial charge in [-0.25, -0.2) is 9.97 Å². The van der Waals surface area contributed by atoms with E-state index in [2.05, 4.69) is 127 Å². The first-order chi connectivity index (χ1) is 21.3. The van der Waals surface area contributed by atoms with Crippen molar-refractivity contribution in [2.45, 2.75) is 0 Å². The standard InChI is InChI=1S/C40H24N2O/c1-2-10-25(11-3-1)37-32-15-4-6-18-35(32)42-39-33(37)22-20-26-21-23-34(41-38(26)39)28-13-8-12-27(24-28)29-16-9-17-31-30-14-5-7-19-36(30)43-40(29)31/h1-24H. The number of fused-ring (bicyclic) bond motifs is 7. The van der Waals surface area contributed by atoms with Crippen molar-refractivity contribution in [2.75, 3.05) is 0 Å². The van der Waals surface area contributed by atoms with E-state index in [1.807, 2.05) is 18.2 Å². The van der Waals surface area contributed by atoms with E-state index in [4.69, 9.17) is 14.4 Å². The number of rotatable bonds is 3. The summed E-state index contributed by atoms with van der Waals surface area (Å²) in [6, 6.07) is 50.7. The number of benzene rings is 6. The smallest absolute Gasteiger partial charge is 0.143 e. The zero-order valence-electron chi connectivity index (χ0n) is 23.2. The summed E-state index contributed by atoms with van der Waals surface area (Å²) in [7, 11) is 0. The molecule has 43 heavy (non-hydrogen) atoms. The fourth-order valence-electron chi connectivity index (χ4n) is 6.43. The van der Waals surface area contributed by atoms with E-state index < -0.39 is 0 Å². The largest absolute Gasteiger partial charge is 0.455 e. The van der Waals surface area contributed by atoms with Gasteiger partial charge < -0.3 is 4.42 Å². The molecule has 0 aliphatic heterocycles. The lowest BCUT2D eigenvalue weighted by atomic mass is 9.95. The topological polar surface area (TPSA) is 38.9 Å². The highest BCUT2D eigenvalue weighted by atomic mass is 16.3. The molecule has 9 aromatic rings. The molecule has 0 amide bonds. The third kappa shape index (κ3) is 3.75. The maximum absolute atomic E-state index is 6.35. The van der Waals surface area contributed by atoms with Crippen LogP contribution < -0.4 is 0 Å². The molecule has 3 nitrogen and oxygen atoms in total. The molecule has 3 aromatic heterocycles. The van der Waals surface area contributed by atoms with Crippen LogP contribution >= 0.6 is 0 Å². The molecular formula is C40H24N2O. The van der Waals surface area contributed by atoms with E-state index >= 15 is 0 Å². The van der Waals surface area contributed by atoms with Crippen LogP contribution in [0.15, 0.2) is 150 Å². The van der Waals surface area contributed by atoms with Gasteiger partial charge in [-0.3, -0.25) is 0 Å². The fourth-order valence-corrected chi connectivity index (χ4v) is 6.43. The molecule has 0 radical (unpaired) electrons. The summed E-state index contributed by atoms with van der Waals surface area (Å²) in [6.07, 6.45) is 0. The Balaban J connectivity index is 1.25. The minimum absolute atomic E-state index is 0.902. The van der Waals surface area contributed by atoms with Crippen molar-refractivity contribution in [3.8, 4) is 33.5 Å². The molecular weight excluding hydrogens is 524 g/mol. The molecule has 200 valence electrons. The van der Waals surface area contributed by atoms with Crippen LogP contribution in [0.25, 0.3) is 88.2 Å². The molecule has 0 spiro atoms. The molecule has 0 N–H and O–H groups in total. The Morgan fingerprint density at radius 1 is 0.442 bits per heavy atom. The summed E-state index contributed by atoms with van der Waals surface area (Å²) < 4.78 is 6.35. The molecule has 0 unspecified atom stereocenters. The van der Waals surface area contributed by atoms with Gasteiger partial charge in [0.1, 0.15) is 11.2 Å². The van der Waals surface area contributed by atoms with Gasteiger partial charge in [-0.15, -0.1) is 0 Å². The van der Waals surface area contributed by atoms with Gasteiger partial charge >= 0.3 is 0 Å². The van der Waals surface area contributed by atoms with Crippen LogP contribution in [0.2, 0.25) is 0 Å². The molecule has 0 saturated carbocycles. The fraction of sp³-hybridized carbons (Fsp3) is 0. The molecule has 3 heteroatoms. The molecule has 0 aliphatic rings. The second-order valence-corrected chi connectivity index (χ2v) is 11.0. The van der Waals surface area contributed by atoms with E-state index in [1.54, 1.807) is 0 Å². The van der Waals surface area contributed by atoms with Crippen LogP contribution in [0, 0.1) is 0 Å². The highest BCUT2D eigenvalue weighted by Gasteiger charge is 2.16. The van der Waals surface area contributed by atoms with Gasteiger partial charge in [-0.05, 0) is 35.4 Å². The Labute approximate surface area is 247 Å². The average Bonchev–Trinajstić information content (AvgIpc) is 3.46. The summed E-state index contributed by atoms with van der Waals surface area (Å²) in [4.78, 5) is 10.4. The van der Waals surface area contributed by atoms with Crippen molar-refractivity contribution in [1.82, 2.24) is 9.97 Å². The summed E-state index contributed by atoms with van der Waals surface area (Å²) >= 11 is 0. The van der Waals surface area contributed by atoms with Crippen molar-refractivity contribution < 1.29 is 4.42 Å². The SMILES string of the molecule is c1ccc(-c2c3ccccc3nc3c2ccc2ccc(-c4cccc(-c5cccc6c5oc5ccccc56)c4)nc23)cc1. The van der Waals surface area contributed by atoms with Crippen LogP contribution in [-0.4, -0.2) is 9.97 Å². The van der Waals surface area contributed by atoms with Gasteiger partial charge in [0.15, 0.2) is 0 Å². The molecule has 0 fully saturated rings. The molecule has 0 aliphatic carbocycles. The van der Waals surface area contributed by atoms with E-state index in [0.717, 1.165) is 77.0 Å². The highest BCUT2D eigenvalue weighted by molar-refractivity contribution is 6.16. The summed E-state index contributed by atoms with van der Waals surface area (Å²) in [6.45, 7) is 0. The average molecular weight is 549 g/mol. The van der Waals surface area contributed by atoms with Crippen LogP contribution in [0.5, 0.6) is 0 Å². The number of hydrogen-bond acceptors (Lipinski definition) is 3. The Bertz CT molecular complexity index is 2510. The van der Waals surface area contributed by atoms with Gasteiger partial charge in [0, 0.05) is 43.6 Å². The van der Waals surface area contributed by atoms with Crippen molar-refractivity contribution in [3.63, 3.8) is 0 Å². The number of nitrogens with zero attached hydrogens (tertiary/aromatic N) is 2. The van der Waals surface area contributed by atoms with Crippen molar-refractivity contribution in [1.29, 1.82) is 0 Å². The number of para-hydroxylation sites is 3. The second kappa shape index (κ2) is 9.37. The van der Waals surface area contributed by atoms with E-state index in [1.165, 1.54) is 11.1 Å². The minimum Gasteiger partial charge on any atom is -0.455 e. The molecule has 9 rings (SSSR count). The van der Waals surface area contributed by atoms with Crippen molar-refractivity contribution >= 4 is 54.6 Å². The third-order valence-electron chi connectivity index (χ3n) is 8.45. The lowest BCUT2D eigenvalue weighted by Crippen LogP contribution is -1.93. The van der Waals surface area contributed by atoms with Gasteiger partial charge in [-0.1, -0.05) is 121 Å². The zero-order chi connectivity index (χ0) is 28.3. The predicted octanol–water partition coefficient (Wildman–Crippen LogP) is 10.8. The van der Waals surface area contributed by atoms with Crippen molar-refractivity contribution in [2.24, 2.45) is 0 Å². The van der Waals surface area contributed by atoms with Gasteiger partial charge in [0.25, 0.3) is 0 Å². The molecule has 6 aromatic carbocycles. The van der Waals surface area contributed by atoms with E-state index in [-0.39, 0.29) is 0 Å². The number of furan rings is 1. The lowest BCUT2D eigenvalue weighted by Gasteiger charge is -2.13. The predicted molar refractivity (Wildman–Crippen MR) is 178 cm³/mol. The van der Waals surface area contributed by atoms with Crippen LogP contribution in [0.3, 0.4) is 0 Å². The molecule has 0 atom stereocenters. The zero-order valence-corrected chi connectivity index (χ0v) is 23.2. The molecule has 0 saturated heterocycles.